The van der Waals surface area contributed by atoms with Crippen LogP contribution in [-0.2, 0) is 0 Å². The number of thiophene rings is 1. The molecule has 0 radical (unpaired) electrons. The van der Waals surface area contributed by atoms with Crippen LogP contribution >= 0.6 is 11.3 Å². The van der Waals surface area contributed by atoms with Crippen molar-refractivity contribution in [1.29, 1.82) is 0 Å². The average Bonchev–Trinajstić information content (AvgIpc) is 3.06. The van der Waals surface area contributed by atoms with Gasteiger partial charge in [0, 0.05) is 5.56 Å². The van der Waals surface area contributed by atoms with Gasteiger partial charge in [0.05, 0.1) is 5.69 Å². The molecule has 0 unspecified atom stereocenters. The molecule has 3 aromatic rings. The summed E-state index contributed by atoms with van der Waals surface area (Å²) in [6.07, 6.45) is 0. The van der Waals surface area contributed by atoms with Crippen molar-refractivity contribution in [3.05, 3.63) is 52.2 Å². The first-order valence-electron chi connectivity index (χ1n) is 6.81. The van der Waals surface area contributed by atoms with Gasteiger partial charge in [0.2, 0.25) is 0 Å². The van der Waals surface area contributed by atoms with Gasteiger partial charge in [-0.2, -0.15) is 4.98 Å². The number of hydrogen-bond donors (Lipinski definition) is 1. The smallest absolute Gasteiger partial charge is 0.270 e. The van der Waals surface area contributed by atoms with Gasteiger partial charge in [0.15, 0.2) is 5.82 Å². The van der Waals surface area contributed by atoms with Crippen LogP contribution in [-0.4, -0.2) is 16.0 Å². The van der Waals surface area contributed by atoms with E-state index < -0.39 is 0 Å². The van der Waals surface area contributed by atoms with Crippen molar-refractivity contribution >= 4 is 22.9 Å². The predicted molar refractivity (Wildman–Crippen MR) is 86.2 cm³/mol. The summed E-state index contributed by atoms with van der Waals surface area (Å²) in [5.41, 5.74) is 3.43. The highest BCUT2D eigenvalue weighted by Crippen LogP contribution is 2.32. The Morgan fingerprint density at radius 3 is 2.55 bits per heavy atom. The standard InChI is InChI=1S/C16H15N3O2S/c1-9-6-10(2)8-12(7-9)15(20)18-13-4-5-22-14(13)16-17-11(3)19-21-16/h4-8H,1-3H3,(H,18,20). The first kappa shape index (κ1) is 14.5. The molecule has 0 fully saturated rings. The van der Waals surface area contributed by atoms with Crippen LogP contribution in [0.2, 0.25) is 0 Å². The Bertz CT molecular complexity index is 815. The second kappa shape index (κ2) is 5.73. The third-order valence-electron chi connectivity index (χ3n) is 3.12. The molecule has 22 heavy (non-hydrogen) atoms. The van der Waals surface area contributed by atoms with E-state index in [-0.39, 0.29) is 5.91 Å². The average molecular weight is 313 g/mol. The highest BCUT2D eigenvalue weighted by molar-refractivity contribution is 7.14. The molecule has 6 heteroatoms. The van der Waals surface area contributed by atoms with Gasteiger partial charge in [-0.1, -0.05) is 22.3 Å². The number of rotatable bonds is 3. The third-order valence-corrected chi connectivity index (χ3v) is 4.02. The maximum atomic E-state index is 12.4. The number of aryl methyl sites for hydroxylation is 3. The van der Waals surface area contributed by atoms with Gasteiger partial charge in [0.25, 0.3) is 11.8 Å². The molecular weight excluding hydrogens is 298 g/mol. The molecule has 0 aliphatic carbocycles. The molecule has 3 rings (SSSR count). The second-order valence-corrected chi connectivity index (χ2v) is 6.06. The molecule has 0 saturated heterocycles. The van der Waals surface area contributed by atoms with Gasteiger partial charge < -0.3 is 9.84 Å². The molecular formula is C16H15N3O2S. The van der Waals surface area contributed by atoms with Gasteiger partial charge in [0.1, 0.15) is 4.88 Å². The molecule has 112 valence electrons. The quantitative estimate of drug-likeness (QED) is 0.794. The van der Waals surface area contributed by atoms with Crippen LogP contribution in [0.3, 0.4) is 0 Å². The Kier molecular flexibility index (Phi) is 3.77. The zero-order chi connectivity index (χ0) is 15.7. The summed E-state index contributed by atoms with van der Waals surface area (Å²) in [6.45, 7) is 5.70. The van der Waals surface area contributed by atoms with E-state index in [1.807, 2.05) is 43.5 Å². The minimum Gasteiger partial charge on any atom is -0.333 e. The molecule has 1 amide bonds. The van der Waals surface area contributed by atoms with E-state index in [0.29, 0.717) is 23.0 Å². The SMILES string of the molecule is Cc1cc(C)cc(C(=O)Nc2ccsc2-c2nc(C)no2)c1. The van der Waals surface area contributed by atoms with Crippen LogP contribution in [0.5, 0.6) is 0 Å². The lowest BCUT2D eigenvalue weighted by Gasteiger charge is -2.06. The molecule has 0 bridgehead atoms. The van der Waals surface area contributed by atoms with Gasteiger partial charge in [-0.3, -0.25) is 4.79 Å². The highest BCUT2D eigenvalue weighted by atomic mass is 32.1. The van der Waals surface area contributed by atoms with Crippen molar-refractivity contribution in [3.63, 3.8) is 0 Å². The molecule has 2 heterocycles. The molecule has 5 nitrogen and oxygen atoms in total. The molecule has 1 N–H and O–H groups in total. The Labute approximate surface area is 132 Å². The van der Waals surface area contributed by atoms with E-state index >= 15 is 0 Å². The van der Waals surface area contributed by atoms with E-state index in [1.165, 1.54) is 11.3 Å². The Hall–Kier alpha value is -2.47. The number of carbonyl (C=O) groups excluding carboxylic acids is 1. The number of benzene rings is 1. The van der Waals surface area contributed by atoms with Crippen LogP contribution in [0.4, 0.5) is 5.69 Å². The van der Waals surface area contributed by atoms with Crippen LogP contribution in [0.25, 0.3) is 10.8 Å². The van der Waals surface area contributed by atoms with E-state index in [4.69, 9.17) is 4.52 Å². The van der Waals surface area contributed by atoms with Crippen molar-refractivity contribution in [2.45, 2.75) is 20.8 Å². The summed E-state index contributed by atoms with van der Waals surface area (Å²) in [4.78, 5) is 17.4. The van der Waals surface area contributed by atoms with E-state index in [1.54, 1.807) is 6.92 Å². The highest BCUT2D eigenvalue weighted by Gasteiger charge is 2.16. The molecule has 0 atom stereocenters. The zero-order valence-electron chi connectivity index (χ0n) is 12.5. The maximum absolute atomic E-state index is 12.4. The summed E-state index contributed by atoms with van der Waals surface area (Å²) >= 11 is 1.45. The number of aromatic nitrogens is 2. The van der Waals surface area contributed by atoms with E-state index in [0.717, 1.165) is 16.0 Å². The number of nitrogens with one attached hydrogen (secondary N) is 1. The van der Waals surface area contributed by atoms with Gasteiger partial charge >= 0.3 is 0 Å². The predicted octanol–water partition coefficient (Wildman–Crippen LogP) is 3.98. The van der Waals surface area contributed by atoms with Crippen molar-refractivity contribution in [2.75, 3.05) is 5.32 Å². The molecule has 0 spiro atoms. The number of nitrogens with zero attached hydrogens (tertiary/aromatic N) is 2. The third kappa shape index (κ3) is 2.92. The minimum absolute atomic E-state index is 0.150. The lowest BCUT2D eigenvalue weighted by molar-refractivity contribution is 0.102. The topological polar surface area (TPSA) is 68.0 Å². The van der Waals surface area contributed by atoms with Crippen LogP contribution in [0, 0.1) is 20.8 Å². The summed E-state index contributed by atoms with van der Waals surface area (Å²) in [5, 5.41) is 8.58. The van der Waals surface area contributed by atoms with Gasteiger partial charge in [-0.25, -0.2) is 0 Å². The number of hydrogen-bond acceptors (Lipinski definition) is 5. The maximum Gasteiger partial charge on any atom is 0.270 e. The summed E-state index contributed by atoms with van der Waals surface area (Å²) in [7, 11) is 0. The van der Waals surface area contributed by atoms with E-state index in [9.17, 15) is 4.79 Å². The summed E-state index contributed by atoms with van der Waals surface area (Å²) in [6, 6.07) is 7.60. The van der Waals surface area contributed by atoms with Crippen molar-refractivity contribution in [1.82, 2.24) is 10.1 Å². The number of amides is 1. The molecule has 0 saturated carbocycles. The fraction of sp³-hybridized carbons (Fsp3) is 0.188. The number of carbonyl (C=O) groups is 1. The monoisotopic (exact) mass is 313 g/mol. The van der Waals surface area contributed by atoms with Crippen LogP contribution in [0.15, 0.2) is 34.2 Å². The molecule has 0 aliphatic rings. The van der Waals surface area contributed by atoms with Gasteiger partial charge in [-0.05, 0) is 44.4 Å². The fourth-order valence-corrected chi connectivity index (χ4v) is 3.03. The fourth-order valence-electron chi connectivity index (χ4n) is 2.26. The van der Waals surface area contributed by atoms with Crippen LogP contribution in [0.1, 0.15) is 27.3 Å². The van der Waals surface area contributed by atoms with Crippen molar-refractivity contribution in [3.8, 4) is 10.8 Å². The first-order valence-corrected chi connectivity index (χ1v) is 7.69. The van der Waals surface area contributed by atoms with Crippen molar-refractivity contribution in [2.24, 2.45) is 0 Å². The van der Waals surface area contributed by atoms with Gasteiger partial charge in [-0.15, -0.1) is 11.3 Å². The van der Waals surface area contributed by atoms with Crippen LogP contribution < -0.4 is 5.32 Å². The molecule has 0 aliphatic heterocycles. The summed E-state index contributed by atoms with van der Waals surface area (Å²) in [5.74, 6) is 0.834. The lowest BCUT2D eigenvalue weighted by atomic mass is 10.1. The van der Waals surface area contributed by atoms with E-state index in [2.05, 4.69) is 15.5 Å². The first-order chi connectivity index (χ1) is 10.5. The lowest BCUT2D eigenvalue weighted by Crippen LogP contribution is -2.12. The normalized spacial score (nSPS) is 10.7. The number of anilines is 1. The second-order valence-electron chi connectivity index (χ2n) is 5.14. The Balaban J connectivity index is 1.88. The largest absolute Gasteiger partial charge is 0.333 e. The minimum atomic E-state index is -0.150. The zero-order valence-corrected chi connectivity index (χ0v) is 13.3. The van der Waals surface area contributed by atoms with Crippen molar-refractivity contribution < 1.29 is 9.32 Å². The Morgan fingerprint density at radius 1 is 1.18 bits per heavy atom. The molecule has 2 aromatic heterocycles. The Morgan fingerprint density at radius 2 is 1.91 bits per heavy atom. The summed E-state index contributed by atoms with van der Waals surface area (Å²) < 4.78 is 5.17. The molecule has 1 aromatic carbocycles.